The van der Waals surface area contributed by atoms with Crippen molar-refractivity contribution in [3.05, 3.63) is 24.3 Å². The van der Waals surface area contributed by atoms with Crippen LogP contribution in [0.3, 0.4) is 0 Å². The summed E-state index contributed by atoms with van der Waals surface area (Å²) in [7, 11) is 4.15. The van der Waals surface area contributed by atoms with Crippen LogP contribution in [0.25, 0.3) is 0 Å². The number of anilines is 2. The first-order valence-corrected chi connectivity index (χ1v) is 6.77. The monoisotopic (exact) mass is 232 g/mol. The van der Waals surface area contributed by atoms with Gasteiger partial charge in [-0.3, -0.25) is 0 Å². The quantitative estimate of drug-likeness (QED) is 0.850. The fraction of sp³-hybridized carbons (Fsp3) is 0.600. The molecule has 1 aromatic carbocycles. The Kier molecular flexibility index (Phi) is 4.29. The highest BCUT2D eigenvalue weighted by molar-refractivity contribution is 5.54. The SMILES string of the molecule is CN(C)c1ccc(NCC2CCCCC2)cc1. The zero-order valence-corrected chi connectivity index (χ0v) is 11.1. The van der Waals surface area contributed by atoms with E-state index >= 15 is 0 Å². The molecule has 1 aliphatic rings. The van der Waals surface area contributed by atoms with E-state index in [0.717, 1.165) is 12.5 Å². The average molecular weight is 232 g/mol. The van der Waals surface area contributed by atoms with Gasteiger partial charge in [0.2, 0.25) is 0 Å². The van der Waals surface area contributed by atoms with Crippen LogP contribution in [0.1, 0.15) is 32.1 Å². The molecule has 1 N–H and O–H groups in total. The molecular weight excluding hydrogens is 208 g/mol. The lowest BCUT2D eigenvalue weighted by Crippen LogP contribution is -2.17. The minimum absolute atomic E-state index is 0.886. The third kappa shape index (κ3) is 3.65. The van der Waals surface area contributed by atoms with Crippen LogP contribution in [0.5, 0.6) is 0 Å². The lowest BCUT2D eigenvalue weighted by Gasteiger charge is -2.22. The van der Waals surface area contributed by atoms with Gasteiger partial charge in [-0.2, -0.15) is 0 Å². The van der Waals surface area contributed by atoms with Gasteiger partial charge in [-0.25, -0.2) is 0 Å². The maximum Gasteiger partial charge on any atom is 0.0362 e. The summed E-state index contributed by atoms with van der Waals surface area (Å²) >= 11 is 0. The summed E-state index contributed by atoms with van der Waals surface area (Å²) in [4.78, 5) is 2.13. The molecule has 0 saturated heterocycles. The lowest BCUT2D eigenvalue weighted by molar-refractivity contribution is 0.373. The van der Waals surface area contributed by atoms with Crippen LogP contribution in [0.4, 0.5) is 11.4 Å². The van der Waals surface area contributed by atoms with E-state index in [1.165, 1.54) is 43.5 Å². The highest BCUT2D eigenvalue weighted by Gasteiger charge is 2.12. The molecule has 0 amide bonds. The molecule has 94 valence electrons. The number of benzene rings is 1. The Morgan fingerprint density at radius 2 is 1.71 bits per heavy atom. The first kappa shape index (κ1) is 12.3. The number of rotatable bonds is 4. The first-order valence-electron chi connectivity index (χ1n) is 6.77. The standard InChI is InChI=1S/C15H24N2/c1-17(2)15-10-8-14(9-11-15)16-12-13-6-4-3-5-7-13/h8-11,13,16H,3-7,12H2,1-2H3. The summed E-state index contributed by atoms with van der Waals surface area (Å²) in [5.41, 5.74) is 2.51. The molecule has 17 heavy (non-hydrogen) atoms. The Morgan fingerprint density at radius 1 is 1.06 bits per heavy atom. The molecule has 0 aliphatic heterocycles. The van der Waals surface area contributed by atoms with Crippen LogP contribution in [-0.2, 0) is 0 Å². The molecular formula is C15H24N2. The van der Waals surface area contributed by atoms with Gasteiger partial charge in [0.15, 0.2) is 0 Å². The van der Waals surface area contributed by atoms with Crippen molar-refractivity contribution in [2.75, 3.05) is 30.9 Å². The fourth-order valence-corrected chi connectivity index (χ4v) is 2.53. The smallest absolute Gasteiger partial charge is 0.0362 e. The van der Waals surface area contributed by atoms with Crippen LogP contribution < -0.4 is 10.2 Å². The van der Waals surface area contributed by atoms with Gasteiger partial charge in [0.05, 0.1) is 0 Å². The molecule has 1 aliphatic carbocycles. The van der Waals surface area contributed by atoms with Gasteiger partial charge in [-0.1, -0.05) is 19.3 Å². The molecule has 0 bridgehead atoms. The van der Waals surface area contributed by atoms with Crippen molar-refractivity contribution in [1.82, 2.24) is 0 Å². The minimum Gasteiger partial charge on any atom is -0.385 e. The Morgan fingerprint density at radius 3 is 2.29 bits per heavy atom. The van der Waals surface area contributed by atoms with Crippen molar-refractivity contribution in [2.24, 2.45) is 5.92 Å². The molecule has 0 heterocycles. The van der Waals surface area contributed by atoms with Crippen LogP contribution in [0, 0.1) is 5.92 Å². The largest absolute Gasteiger partial charge is 0.385 e. The van der Waals surface area contributed by atoms with E-state index in [4.69, 9.17) is 0 Å². The molecule has 2 rings (SSSR count). The molecule has 0 radical (unpaired) electrons. The maximum atomic E-state index is 3.56. The Labute approximate surface area is 105 Å². The molecule has 1 saturated carbocycles. The Hall–Kier alpha value is -1.18. The highest BCUT2D eigenvalue weighted by atomic mass is 15.1. The van der Waals surface area contributed by atoms with Crippen molar-refractivity contribution >= 4 is 11.4 Å². The highest BCUT2D eigenvalue weighted by Crippen LogP contribution is 2.24. The van der Waals surface area contributed by atoms with Crippen LogP contribution in [0.2, 0.25) is 0 Å². The predicted molar refractivity (Wildman–Crippen MR) is 75.8 cm³/mol. The van der Waals surface area contributed by atoms with Gasteiger partial charge in [-0.15, -0.1) is 0 Å². The topological polar surface area (TPSA) is 15.3 Å². The summed E-state index contributed by atoms with van der Waals surface area (Å²) in [5.74, 6) is 0.886. The van der Waals surface area contributed by atoms with Gasteiger partial charge < -0.3 is 10.2 Å². The normalized spacial score (nSPS) is 16.8. The predicted octanol–water partition coefficient (Wildman–Crippen LogP) is 3.74. The summed E-state index contributed by atoms with van der Waals surface area (Å²) in [5, 5.41) is 3.56. The summed E-state index contributed by atoms with van der Waals surface area (Å²) < 4.78 is 0. The first-order chi connectivity index (χ1) is 8.25. The molecule has 2 heteroatoms. The van der Waals surface area contributed by atoms with E-state index in [-0.39, 0.29) is 0 Å². The number of hydrogen-bond acceptors (Lipinski definition) is 2. The van der Waals surface area contributed by atoms with Gasteiger partial charge in [-0.05, 0) is 43.0 Å². The van der Waals surface area contributed by atoms with E-state index in [2.05, 4.69) is 48.6 Å². The minimum atomic E-state index is 0.886. The van der Waals surface area contributed by atoms with Gasteiger partial charge in [0, 0.05) is 32.0 Å². The van der Waals surface area contributed by atoms with Crippen molar-refractivity contribution in [1.29, 1.82) is 0 Å². The Balaban J connectivity index is 1.82. The van der Waals surface area contributed by atoms with E-state index in [1.807, 2.05) is 0 Å². The zero-order chi connectivity index (χ0) is 12.1. The van der Waals surface area contributed by atoms with E-state index in [0.29, 0.717) is 0 Å². The molecule has 0 spiro atoms. The molecule has 1 fully saturated rings. The third-order valence-electron chi connectivity index (χ3n) is 3.70. The van der Waals surface area contributed by atoms with Gasteiger partial charge >= 0.3 is 0 Å². The van der Waals surface area contributed by atoms with Crippen LogP contribution >= 0.6 is 0 Å². The number of hydrogen-bond donors (Lipinski definition) is 1. The maximum absolute atomic E-state index is 3.56. The molecule has 2 nitrogen and oxygen atoms in total. The second-order valence-corrected chi connectivity index (χ2v) is 5.33. The Bertz CT molecular complexity index is 323. The third-order valence-corrected chi connectivity index (χ3v) is 3.70. The summed E-state index contributed by atoms with van der Waals surface area (Å²) in [6.07, 6.45) is 7.09. The molecule has 1 aromatic rings. The van der Waals surface area contributed by atoms with Crippen molar-refractivity contribution in [3.8, 4) is 0 Å². The zero-order valence-electron chi connectivity index (χ0n) is 11.1. The second-order valence-electron chi connectivity index (χ2n) is 5.33. The molecule has 0 aromatic heterocycles. The van der Waals surface area contributed by atoms with Crippen LogP contribution in [-0.4, -0.2) is 20.6 Å². The van der Waals surface area contributed by atoms with Crippen molar-refractivity contribution < 1.29 is 0 Å². The number of nitrogens with zero attached hydrogens (tertiary/aromatic N) is 1. The fourth-order valence-electron chi connectivity index (χ4n) is 2.53. The van der Waals surface area contributed by atoms with E-state index in [9.17, 15) is 0 Å². The van der Waals surface area contributed by atoms with Gasteiger partial charge in [0.25, 0.3) is 0 Å². The average Bonchev–Trinajstić information content (AvgIpc) is 2.38. The molecule has 0 unspecified atom stereocenters. The number of nitrogens with one attached hydrogen (secondary N) is 1. The van der Waals surface area contributed by atoms with E-state index in [1.54, 1.807) is 0 Å². The van der Waals surface area contributed by atoms with Crippen molar-refractivity contribution in [2.45, 2.75) is 32.1 Å². The second kappa shape index (κ2) is 5.95. The van der Waals surface area contributed by atoms with Crippen molar-refractivity contribution in [3.63, 3.8) is 0 Å². The van der Waals surface area contributed by atoms with Crippen LogP contribution in [0.15, 0.2) is 24.3 Å². The van der Waals surface area contributed by atoms with E-state index < -0.39 is 0 Å². The molecule has 0 atom stereocenters. The summed E-state index contributed by atoms with van der Waals surface area (Å²) in [6.45, 7) is 1.14. The van der Waals surface area contributed by atoms with Gasteiger partial charge in [0.1, 0.15) is 0 Å². The lowest BCUT2D eigenvalue weighted by atomic mass is 9.89. The summed E-state index contributed by atoms with van der Waals surface area (Å²) in [6, 6.07) is 8.70.